The van der Waals surface area contributed by atoms with E-state index >= 15 is 52.7 Å². The predicted molar refractivity (Wildman–Crippen MR) is 305 cm³/mol. The third-order valence-corrected chi connectivity index (χ3v) is 16.9. The first-order valence-electron chi connectivity index (χ1n) is 27.3. The maximum Gasteiger partial charge on any atom is 0.411 e. The molecule has 5 heterocycles. The fraction of sp³-hybridized carbons (Fsp3) is 0.152. The SMILES string of the molecule is CC(=O)N(C(C)=O)c1ccc(Oc2ccc(N3C(=O)c4ccc(C(c5ccc6c(c5)C(=O)n5c-6nc6ccc(-c7ccc8nc9n(c8c7)C(=O)c7cc(C(c8ccc(C)c(C)c8)(C(F)(F)F)C(F)(F)F)ccc7-9)cc65)(C(F)(F)F)C(F)(F)F)cc4C3=O)cc2)cc1. The summed E-state index contributed by atoms with van der Waals surface area (Å²) >= 11 is 0. The van der Waals surface area contributed by atoms with Gasteiger partial charge in [0.15, 0.2) is 0 Å². The van der Waals surface area contributed by atoms with E-state index < -0.39 is 115 Å². The molecule has 0 aliphatic carbocycles. The zero-order valence-corrected chi connectivity index (χ0v) is 47.1. The largest absolute Gasteiger partial charge is 0.457 e. The molecule has 4 amide bonds. The molecule has 0 fully saturated rings. The number of hydrogen-bond donors (Lipinski definition) is 0. The number of carbonyl (C=O) groups is 6. The third kappa shape index (κ3) is 8.55. The van der Waals surface area contributed by atoms with Crippen LogP contribution in [0.15, 0.2) is 158 Å². The number of carbonyl (C=O) groups excluding carboxylic acids is 6. The van der Waals surface area contributed by atoms with Gasteiger partial charge in [0.05, 0.1) is 55.7 Å². The molecule has 3 aliphatic heterocycles. The quantitative estimate of drug-likeness (QED) is 0.101. The zero-order valence-electron chi connectivity index (χ0n) is 47.1. The summed E-state index contributed by atoms with van der Waals surface area (Å²) in [7, 11) is 0. The Morgan fingerprint density at radius 3 is 1.19 bits per heavy atom. The van der Waals surface area contributed by atoms with Crippen molar-refractivity contribution in [3.8, 4) is 45.4 Å². The predicted octanol–water partition coefficient (Wildman–Crippen LogP) is 15.3. The van der Waals surface area contributed by atoms with E-state index in [0.29, 0.717) is 64.1 Å². The highest BCUT2D eigenvalue weighted by atomic mass is 19.4. The van der Waals surface area contributed by atoms with Gasteiger partial charge >= 0.3 is 24.7 Å². The van der Waals surface area contributed by atoms with E-state index in [1.54, 1.807) is 12.1 Å². The number of imide groups is 2. The fourth-order valence-electron chi connectivity index (χ4n) is 12.5. The molecule has 0 bridgehead atoms. The number of ether oxygens (including phenoxy) is 1. The maximum absolute atomic E-state index is 15.8. The number of fused-ring (bicyclic) bond motifs is 11. The number of benzene rings is 8. The molecule has 13 nitrogen and oxygen atoms in total. The van der Waals surface area contributed by atoms with Crippen molar-refractivity contribution in [3.05, 3.63) is 213 Å². The molecule has 25 heteroatoms. The number of rotatable bonds is 9. The Balaban J connectivity index is 0.802. The summed E-state index contributed by atoms with van der Waals surface area (Å²) in [6.45, 7) is 5.31. The van der Waals surface area contributed by atoms with Crippen LogP contribution in [0.3, 0.4) is 0 Å². The van der Waals surface area contributed by atoms with Gasteiger partial charge in [-0.15, -0.1) is 0 Å². The van der Waals surface area contributed by atoms with E-state index in [1.165, 1.54) is 100 Å². The van der Waals surface area contributed by atoms with Gasteiger partial charge in [-0.1, -0.05) is 60.7 Å². The topological polar surface area (TPSA) is 154 Å². The fourth-order valence-corrected chi connectivity index (χ4v) is 12.5. The second-order valence-electron chi connectivity index (χ2n) is 22.0. The van der Waals surface area contributed by atoms with Crippen LogP contribution in [0.5, 0.6) is 11.5 Å². The summed E-state index contributed by atoms with van der Waals surface area (Å²) in [6.07, 6.45) is -24.4. The van der Waals surface area contributed by atoms with Gasteiger partial charge in [0.2, 0.25) is 22.6 Å². The van der Waals surface area contributed by atoms with E-state index in [9.17, 15) is 28.8 Å². The van der Waals surface area contributed by atoms with E-state index in [-0.39, 0.29) is 73.3 Å². The van der Waals surface area contributed by atoms with Gasteiger partial charge in [-0.3, -0.25) is 42.8 Å². The van der Waals surface area contributed by atoms with E-state index in [4.69, 9.17) is 4.74 Å². The molecule has 8 aromatic carbocycles. The molecule has 0 radical (unpaired) electrons. The summed E-state index contributed by atoms with van der Waals surface area (Å²) in [5.74, 6) is -5.31. The number of alkyl halides is 12. The Bertz CT molecular complexity index is 4840. The summed E-state index contributed by atoms with van der Waals surface area (Å²) in [5, 5.41) is 0. The Labute approximate surface area is 504 Å². The summed E-state index contributed by atoms with van der Waals surface area (Å²) < 4.78 is 194. The van der Waals surface area contributed by atoms with Crippen molar-refractivity contribution in [1.82, 2.24) is 19.1 Å². The highest BCUT2D eigenvalue weighted by Gasteiger charge is 2.74. The second kappa shape index (κ2) is 19.9. The number of nitrogens with zero attached hydrogens (tertiary/aromatic N) is 6. The second-order valence-corrected chi connectivity index (χ2v) is 22.0. The van der Waals surface area contributed by atoms with Gasteiger partial charge in [0, 0.05) is 25.0 Å². The first kappa shape index (κ1) is 59.3. The van der Waals surface area contributed by atoms with E-state index in [0.717, 1.165) is 44.4 Å². The standard InChI is InChI=1S/C66H38F12N6O7/c1-31-5-8-37(25-32(31)2)61(63(67,68)69,64(70,71)72)38-9-20-45-48(28-38)59(89)83-53-26-35(6-23-51(53)79-55(45)83)36-7-24-52-54(27-36)84-56(80-52)46-21-10-39(29-49(46)60(84)90)62(65(73,74)75,66(76,77)78)40-11-22-47-50(30-40)58(88)82(57(47)87)42-14-18-44(19-15-42)91-43-16-12-41(13-17-43)81(33(3)85)34(4)86/h5-30H,1-4H3. The van der Waals surface area contributed by atoms with Crippen LogP contribution in [-0.4, -0.2) is 79.3 Å². The van der Waals surface area contributed by atoms with Gasteiger partial charge < -0.3 is 4.74 Å². The molecule has 91 heavy (non-hydrogen) atoms. The Kier molecular flexibility index (Phi) is 13.0. The molecule has 458 valence electrons. The van der Waals surface area contributed by atoms with Gasteiger partial charge in [0.25, 0.3) is 23.6 Å². The van der Waals surface area contributed by atoms with Crippen molar-refractivity contribution >= 4 is 68.9 Å². The smallest absolute Gasteiger partial charge is 0.411 e. The average molecular weight is 1260 g/mol. The number of aromatic nitrogens is 4. The van der Waals surface area contributed by atoms with Crippen LogP contribution < -0.4 is 14.5 Å². The lowest BCUT2D eigenvalue weighted by atomic mass is 9.71. The lowest BCUT2D eigenvalue weighted by Crippen LogP contribution is -2.55. The van der Waals surface area contributed by atoms with Crippen LogP contribution in [0.4, 0.5) is 64.1 Å². The maximum atomic E-state index is 15.8. The summed E-state index contributed by atoms with van der Waals surface area (Å²) in [4.78, 5) is 91.0. The minimum atomic E-state index is -6.23. The number of halogens is 12. The van der Waals surface area contributed by atoms with Crippen molar-refractivity contribution in [3.63, 3.8) is 0 Å². The molecule has 13 rings (SSSR count). The van der Waals surface area contributed by atoms with E-state index in [1.807, 2.05) is 0 Å². The van der Waals surface area contributed by atoms with Crippen LogP contribution in [0, 0.1) is 13.8 Å². The first-order valence-corrected chi connectivity index (χ1v) is 27.3. The van der Waals surface area contributed by atoms with Crippen molar-refractivity contribution in [2.75, 3.05) is 9.80 Å². The Morgan fingerprint density at radius 1 is 0.407 bits per heavy atom. The number of imidazole rings is 2. The van der Waals surface area contributed by atoms with Crippen LogP contribution >= 0.6 is 0 Å². The molecule has 0 spiro atoms. The van der Waals surface area contributed by atoms with Crippen molar-refractivity contribution in [2.24, 2.45) is 0 Å². The molecular formula is C66H38F12N6O7. The van der Waals surface area contributed by atoms with Crippen LogP contribution in [0.2, 0.25) is 0 Å². The Hall–Kier alpha value is -10.7. The van der Waals surface area contributed by atoms with Gasteiger partial charge in [-0.05, 0) is 155 Å². The lowest BCUT2D eigenvalue weighted by Gasteiger charge is -2.38. The summed E-state index contributed by atoms with van der Waals surface area (Å²) in [6, 6.07) is 28.1. The lowest BCUT2D eigenvalue weighted by molar-refractivity contribution is -0.290. The molecule has 3 aliphatic rings. The molecule has 10 aromatic rings. The molecule has 0 atom stereocenters. The van der Waals surface area contributed by atoms with Gasteiger partial charge in [-0.2, -0.15) is 52.7 Å². The van der Waals surface area contributed by atoms with Crippen molar-refractivity contribution in [2.45, 2.75) is 63.2 Å². The van der Waals surface area contributed by atoms with E-state index in [2.05, 4.69) is 9.97 Å². The molecule has 0 saturated heterocycles. The minimum absolute atomic E-state index is 0.0258. The molecular weight excluding hydrogens is 1220 g/mol. The van der Waals surface area contributed by atoms with Crippen molar-refractivity contribution in [1.29, 1.82) is 0 Å². The highest BCUT2D eigenvalue weighted by Crippen LogP contribution is 2.59. The summed E-state index contributed by atoms with van der Waals surface area (Å²) in [5.41, 5.74) is -15.7. The molecule has 0 saturated carbocycles. The zero-order chi connectivity index (χ0) is 65.1. The Morgan fingerprint density at radius 2 is 0.780 bits per heavy atom. The number of hydrogen-bond acceptors (Lipinski definition) is 9. The molecule has 0 unspecified atom stereocenters. The number of aryl methyl sites for hydroxylation is 2. The van der Waals surface area contributed by atoms with Crippen molar-refractivity contribution < 1.29 is 86.2 Å². The number of amides is 4. The molecule has 0 N–H and O–H groups in total. The number of anilines is 2. The average Bonchev–Trinajstić information content (AvgIpc) is 1.54. The minimum Gasteiger partial charge on any atom is -0.457 e. The van der Waals surface area contributed by atoms with Crippen LogP contribution in [-0.2, 0) is 20.4 Å². The van der Waals surface area contributed by atoms with Gasteiger partial charge in [-0.25, -0.2) is 14.9 Å². The first-order chi connectivity index (χ1) is 42.8. The normalized spacial score (nSPS) is 14.1. The molecule has 2 aromatic heterocycles. The highest BCUT2D eigenvalue weighted by molar-refractivity contribution is 6.34. The van der Waals surface area contributed by atoms with Gasteiger partial charge in [0.1, 0.15) is 23.1 Å². The van der Waals surface area contributed by atoms with Crippen LogP contribution in [0.25, 0.3) is 56.0 Å². The third-order valence-electron chi connectivity index (χ3n) is 16.9. The monoisotopic (exact) mass is 1250 g/mol. The van der Waals surface area contributed by atoms with Crippen LogP contribution in [0.1, 0.15) is 88.7 Å².